The Labute approximate surface area is 129 Å². The standard InChI is InChI=1S/C18H17NO3/c1-13-7-9-15(10-8-13)16-11-19(17(16)20)18(21)22-12-14-5-3-2-4-6-14/h2-10,16H,11-12H2,1H3. The van der Waals surface area contributed by atoms with Crippen molar-refractivity contribution in [1.82, 2.24) is 4.90 Å². The van der Waals surface area contributed by atoms with E-state index in [0.29, 0.717) is 6.54 Å². The van der Waals surface area contributed by atoms with Crippen LogP contribution >= 0.6 is 0 Å². The lowest BCUT2D eigenvalue weighted by atomic mass is 9.90. The average molecular weight is 295 g/mol. The Morgan fingerprint density at radius 2 is 1.82 bits per heavy atom. The molecule has 2 aromatic carbocycles. The van der Waals surface area contributed by atoms with Gasteiger partial charge in [0.05, 0.1) is 5.92 Å². The molecule has 0 spiro atoms. The van der Waals surface area contributed by atoms with E-state index in [9.17, 15) is 9.59 Å². The summed E-state index contributed by atoms with van der Waals surface area (Å²) in [6.45, 7) is 2.56. The molecule has 4 nitrogen and oxygen atoms in total. The molecule has 1 unspecified atom stereocenters. The second kappa shape index (κ2) is 6.02. The van der Waals surface area contributed by atoms with Crippen molar-refractivity contribution in [2.45, 2.75) is 19.4 Å². The summed E-state index contributed by atoms with van der Waals surface area (Å²) in [6, 6.07) is 17.2. The number of hydrogen-bond donors (Lipinski definition) is 0. The zero-order valence-corrected chi connectivity index (χ0v) is 12.4. The summed E-state index contributed by atoms with van der Waals surface area (Å²) in [4.78, 5) is 25.2. The Morgan fingerprint density at radius 1 is 1.14 bits per heavy atom. The molecular formula is C18H17NO3. The molecule has 4 heteroatoms. The molecule has 3 rings (SSSR count). The zero-order valence-electron chi connectivity index (χ0n) is 12.4. The van der Waals surface area contributed by atoms with Gasteiger partial charge in [0.15, 0.2) is 0 Å². The summed E-state index contributed by atoms with van der Waals surface area (Å²) in [5.41, 5.74) is 3.00. The number of imide groups is 1. The molecule has 1 aliphatic heterocycles. The largest absolute Gasteiger partial charge is 0.444 e. The van der Waals surface area contributed by atoms with E-state index in [1.807, 2.05) is 61.5 Å². The number of hydrogen-bond acceptors (Lipinski definition) is 3. The first-order valence-corrected chi connectivity index (χ1v) is 7.24. The fraction of sp³-hybridized carbons (Fsp3) is 0.222. The van der Waals surface area contributed by atoms with E-state index in [1.54, 1.807) is 0 Å². The predicted octanol–water partition coefficient (Wildman–Crippen LogP) is 3.26. The third-order valence-corrected chi connectivity index (χ3v) is 3.83. The second-order valence-electron chi connectivity index (χ2n) is 5.45. The van der Waals surface area contributed by atoms with Crippen molar-refractivity contribution in [2.75, 3.05) is 6.54 Å². The molecule has 0 bridgehead atoms. The maximum atomic E-state index is 12.1. The molecule has 0 N–H and O–H groups in total. The van der Waals surface area contributed by atoms with Crippen molar-refractivity contribution in [1.29, 1.82) is 0 Å². The van der Waals surface area contributed by atoms with Gasteiger partial charge >= 0.3 is 6.09 Å². The summed E-state index contributed by atoms with van der Waals surface area (Å²) in [6.07, 6.45) is -0.572. The summed E-state index contributed by atoms with van der Waals surface area (Å²) < 4.78 is 5.17. The van der Waals surface area contributed by atoms with Crippen LogP contribution in [0.4, 0.5) is 4.79 Å². The van der Waals surface area contributed by atoms with Gasteiger partial charge in [-0.25, -0.2) is 9.69 Å². The Hall–Kier alpha value is -2.62. The van der Waals surface area contributed by atoms with E-state index < -0.39 is 6.09 Å². The predicted molar refractivity (Wildman–Crippen MR) is 82.3 cm³/mol. The Kier molecular flexibility index (Phi) is 3.92. The molecule has 0 saturated carbocycles. The number of rotatable bonds is 3. The van der Waals surface area contributed by atoms with Crippen molar-refractivity contribution < 1.29 is 14.3 Å². The molecule has 1 aliphatic rings. The monoisotopic (exact) mass is 295 g/mol. The topological polar surface area (TPSA) is 46.6 Å². The highest BCUT2D eigenvalue weighted by Gasteiger charge is 2.42. The molecule has 0 aromatic heterocycles. The van der Waals surface area contributed by atoms with Crippen LogP contribution in [0.15, 0.2) is 54.6 Å². The molecule has 2 aromatic rings. The molecule has 112 valence electrons. The SMILES string of the molecule is Cc1ccc(C2CN(C(=O)OCc3ccccc3)C2=O)cc1. The molecule has 1 fully saturated rings. The number of carbonyl (C=O) groups is 2. The molecular weight excluding hydrogens is 278 g/mol. The van der Waals surface area contributed by atoms with E-state index in [-0.39, 0.29) is 18.4 Å². The third-order valence-electron chi connectivity index (χ3n) is 3.83. The first kappa shape index (κ1) is 14.3. The minimum atomic E-state index is -0.572. The lowest BCUT2D eigenvalue weighted by Crippen LogP contribution is -2.53. The van der Waals surface area contributed by atoms with E-state index in [1.165, 1.54) is 0 Å². The highest BCUT2D eigenvalue weighted by Crippen LogP contribution is 2.29. The Morgan fingerprint density at radius 3 is 2.45 bits per heavy atom. The van der Waals surface area contributed by atoms with Crippen LogP contribution in [-0.2, 0) is 16.1 Å². The van der Waals surface area contributed by atoms with E-state index in [4.69, 9.17) is 4.74 Å². The number of amides is 2. The van der Waals surface area contributed by atoms with Crippen molar-refractivity contribution in [2.24, 2.45) is 0 Å². The van der Waals surface area contributed by atoms with Gasteiger partial charge in [-0.05, 0) is 18.1 Å². The second-order valence-corrected chi connectivity index (χ2v) is 5.45. The molecule has 1 heterocycles. The fourth-order valence-electron chi connectivity index (χ4n) is 2.43. The number of nitrogens with zero attached hydrogens (tertiary/aromatic N) is 1. The number of aryl methyl sites for hydroxylation is 1. The zero-order chi connectivity index (χ0) is 15.5. The van der Waals surface area contributed by atoms with E-state index in [0.717, 1.165) is 21.6 Å². The Bertz CT molecular complexity index is 679. The summed E-state index contributed by atoms with van der Waals surface area (Å²) in [5.74, 6) is -0.424. The summed E-state index contributed by atoms with van der Waals surface area (Å²) in [5, 5.41) is 0. The number of β-lactam (4-membered cyclic amide) rings is 1. The van der Waals surface area contributed by atoms with Crippen LogP contribution < -0.4 is 0 Å². The van der Waals surface area contributed by atoms with Gasteiger partial charge in [0.25, 0.3) is 0 Å². The van der Waals surface area contributed by atoms with Gasteiger partial charge < -0.3 is 4.74 Å². The number of ether oxygens (including phenoxy) is 1. The van der Waals surface area contributed by atoms with Gasteiger partial charge in [-0.15, -0.1) is 0 Å². The van der Waals surface area contributed by atoms with E-state index in [2.05, 4.69) is 0 Å². The van der Waals surface area contributed by atoms with Crippen molar-refractivity contribution in [3.63, 3.8) is 0 Å². The normalized spacial score (nSPS) is 17.0. The molecule has 0 aliphatic carbocycles. The number of benzene rings is 2. The van der Waals surface area contributed by atoms with Crippen LogP contribution in [0.25, 0.3) is 0 Å². The van der Waals surface area contributed by atoms with Crippen LogP contribution in [0, 0.1) is 6.92 Å². The maximum Gasteiger partial charge on any atom is 0.416 e. The van der Waals surface area contributed by atoms with Gasteiger partial charge in [0, 0.05) is 6.54 Å². The van der Waals surface area contributed by atoms with Crippen LogP contribution in [0.2, 0.25) is 0 Å². The first-order valence-electron chi connectivity index (χ1n) is 7.24. The maximum absolute atomic E-state index is 12.1. The van der Waals surface area contributed by atoms with E-state index >= 15 is 0 Å². The summed E-state index contributed by atoms with van der Waals surface area (Å²) >= 11 is 0. The van der Waals surface area contributed by atoms with Gasteiger partial charge in [-0.3, -0.25) is 4.79 Å². The smallest absolute Gasteiger partial charge is 0.416 e. The minimum Gasteiger partial charge on any atom is -0.444 e. The van der Waals surface area contributed by atoms with Crippen LogP contribution in [-0.4, -0.2) is 23.4 Å². The van der Waals surface area contributed by atoms with Crippen molar-refractivity contribution in [3.05, 3.63) is 71.3 Å². The highest BCUT2D eigenvalue weighted by atomic mass is 16.6. The minimum absolute atomic E-state index is 0.179. The van der Waals surface area contributed by atoms with Gasteiger partial charge in [-0.2, -0.15) is 0 Å². The lowest BCUT2D eigenvalue weighted by Gasteiger charge is -2.36. The molecule has 0 radical (unpaired) electrons. The van der Waals surface area contributed by atoms with Crippen molar-refractivity contribution >= 4 is 12.0 Å². The van der Waals surface area contributed by atoms with Crippen molar-refractivity contribution in [3.8, 4) is 0 Å². The van der Waals surface area contributed by atoms with Crippen LogP contribution in [0.5, 0.6) is 0 Å². The van der Waals surface area contributed by atoms with Crippen LogP contribution in [0.3, 0.4) is 0 Å². The molecule has 1 atom stereocenters. The molecule has 22 heavy (non-hydrogen) atoms. The molecule has 2 amide bonds. The lowest BCUT2D eigenvalue weighted by molar-refractivity contribution is -0.140. The molecule has 1 saturated heterocycles. The van der Waals surface area contributed by atoms with Crippen LogP contribution in [0.1, 0.15) is 22.6 Å². The number of likely N-dealkylation sites (tertiary alicyclic amines) is 1. The summed E-state index contributed by atoms with van der Waals surface area (Å²) in [7, 11) is 0. The average Bonchev–Trinajstić information content (AvgIpc) is 2.54. The van der Waals surface area contributed by atoms with Gasteiger partial charge in [0.1, 0.15) is 6.61 Å². The number of carbonyl (C=O) groups excluding carboxylic acids is 2. The Balaban J connectivity index is 1.55. The first-order chi connectivity index (χ1) is 10.6. The van der Waals surface area contributed by atoms with Gasteiger partial charge in [0.2, 0.25) is 5.91 Å². The fourth-order valence-corrected chi connectivity index (χ4v) is 2.43. The quantitative estimate of drug-likeness (QED) is 0.817. The highest BCUT2D eigenvalue weighted by molar-refractivity contribution is 6.01. The van der Waals surface area contributed by atoms with Gasteiger partial charge in [-0.1, -0.05) is 60.2 Å². The third kappa shape index (κ3) is 2.86.